The normalized spacial score (nSPS) is 11.4. The maximum atomic E-state index is 12.5. The Morgan fingerprint density at radius 2 is 1.93 bits per heavy atom. The number of aromatic amines is 1. The van der Waals surface area contributed by atoms with Crippen molar-refractivity contribution in [1.82, 2.24) is 14.9 Å². The molecule has 1 amide bonds. The summed E-state index contributed by atoms with van der Waals surface area (Å²) in [7, 11) is 0. The van der Waals surface area contributed by atoms with Gasteiger partial charge in [0.05, 0.1) is 0 Å². The number of hydrogen-bond acceptors (Lipinski definition) is 3. The summed E-state index contributed by atoms with van der Waals surface area (Å²) in [5.74, 6) is -0.230. The largest absolute Gasteiger partial charge is 0.508 e. The van der Waals surface area contributed by atoms with Crippen LogP contribution in [-0.4, -0.2) is 27.1 Å². The van der Waals surface area contributed by atoms with Crippen LogP contribution in [0.15, 0.2) is 78.6 Å². The number of nitrogens with zero attached hydrogens (tertiary/aromatic N) is 2. The van der Waals surface area contributed by atoms with Crippen molar-refractivity contribution in [1.29, 1.82) is 5.26 Å². The molecule has 30 heavy (non-hydrogen) atoms. The van der Waals surface area contributed by atoms with Gasteiger partial charge in [0.1, 0.15) is 17.4 Å². The maximum Gasteiger partial charge on any atom is 0.262 e. The Balaban J connectivity index is 1.46. The van der Waals surface area contributed by atoms with E-state index >= 15 is 0 Å². The topological polar surface area (TPSA) is 93.8 Å². The molecule has 0 spiro atoms. The number of nitrogens with one attached hydrogen (secondary N) is 2. The summed E-state index contributed by atoms with van der Waals surface area (Å²) in [4.78, 5) is 15.8. The molecule has 148 valence electrons. The number of hydrogen-bond donors (Lipinski definition) is 3. The number of carbonyl (C=O) groups is 1. The molecule has 2 heterocycles. The van der Waals surface area contributed by atoms with Gasteiger partial charge >= 0.3 is 0 Å². The van der Waals surface area contributed by atoms with E-state index in [0.29, 0.717) is 18.7 Å². The lowest BCUT2D eigenvalue weighted by molar-refractivity contribution is -0.117. The zero-order valence-corrected chi connectivity index (χ0v) is 16.2. The van der Waals surface area contributed by atoms with Crippen LogP contribution in [0.5, 0.6) is 5.75 Å². The van der Waals surface area contributed by atoms with Crippen molar-refractivity contribution in [3.05, 3.63) is 89.9 Å². The van der Waals surface area contributed by atoms with Crippen LogP contribution in [0.3, 0.4) is 0 Å². The van der Waals surface area contributed by atoms with Crippen molar-refractivity contribution in [2.24, 2.45) is 0 Å². The van der Waals surface area contributed by atoms with Gasteiger partial charge in [-0.05, 0) is 60.5 Å². The summed E-state index contributed by atoms with van der Waals surface area (Å²) in [5, 5.41) is 22.9. The zero-order valence-electron chi connectivity index (χ0n) is 16.2. The van der Waals surface area contributed by atoms with Crippen LogP contribution >= 0.6 is 0 Å². The van der Waals surface area contributed by atoms with Gasteiger partial charge in [-0.2, -0.15) is 5.26 Å². The first-order valence-corrected chi connectivity index (χ1v) is 9.57. The predicted octanol–water partition coefficient (Wildman–Crippen LogP) is 3.93. The Hall–Kier alpha value is -4.24. The minimum absolute atomic E-state index is 0.0349. The first kappa shape index (κ1) is 19.1. The van der Waals surface area contributed by atoms with Crippen molar-refractivity contribution >= 4 is 22.9 Å². The molecule has 0 atom stereocenters. The van der Waals surface area contributed by atoms with Crippen LogP contribution < -0.4 is 5.32 Å². The zero-order chi connectivity index (χ0) is 20.9. The lowest BCUT2D eigenvalue weighted by Gasteiger charge is -2.08. The van der Waals surface area contributed by atoms with Gasteiger partial charge in [-0.25, -0.2) is 0 Å². The van der Waals surface area contributed by atoms with E-state index in [1.54, 1.807) is 30.3 Å². The molecule has 6 heteroatoms. The lowest BCUT2D eigenvalue weighted by Crippen LogP contribution is -2.26. The van der Waals surface area contributed by atoms with Crippen molar-refractivity contribution in [2.45, 2.75) is 6.42 Å². The minimum atomic E-state index is -0.407. The quantitative estimate of drug-likeness (QED) is 0.340. The second-order valence-electron chi connectivity index (χ2n) is 6.85. The average Bonchev–Trinajstić information content (AvgIpc) is 3.39. The number of nitriles is 1. The molecule has 0 saturated heterocycles. The lowest BCUT2D eigenvalue weighted by atomic mass is 10.1. The Bertz CT molecular complexity index is 1260. The summed E-state index contributed by atoms with van der Waals surface area (Å²) in [5.41, 5.74) is 3.73. The number of H-pyrrole nitrogens is 1. The van der Waals surface area contributed by atoms with Crippen LogP contribution in [-0.2, 0) is 11.2 Å². The molecule has 3 N–H and O–H groups in total. The molecule has 0 bridgehead atoms. The summed E-state index contributed by atoms with van der Waals surface area (Å²) in [6.07, 6.45) is 6.01. The number of carbonyl (C=O) groups excluding carboxylic acids is 1. The Morgan fingerprint density at radius 1 is 1.13 bits per heavy atom. The van der Waals surface area contributed by atoms with E-state index in [1.807, 2.05) is 59.4 Å². The first-order chi connectivity index (χ1) is 14.7. The molecule has 4 rings (SSSR count). The number of benzene rings is 2. The van der Waals surface area contributed by atoms with Crippen LogP contribution in [0, 0.1) is 11.3 Å². The van der Waals surface area contributed by atoms with Gasteiger partial charge < -0.3 is 20.0 Å². The fourth-order valence-corrected chi connectivity index (χ4v) is 3.40. The number of para-hydroxylation sites is 1. The van der Waals surface area contributed by atoms with E-state index in [-0.39, 0.29) is 11.3 Å². The number of aromatic nitrogens is 2. The molecule has 0 radical (unpaired) electrons. The fraction of sp³-hybridized carbons (Fsp3) is 0.0833. The Morgan fingerprint density at radius 3 is 2.73 bits per heavy atom. The van der Waals surface area contributed by atoms with Crippen LogP contribution in [0.2, 0.25) is 0 Å². The molecule has 2 aromatic heterocycles. The minimum Gasteiger partial charge on any atom is -0.508 e. The van der Waals surface area contributed by atoms with E-state index in [4.69, 9.17) is 0 Å². The van der Waals surface area contributed by atoms with Gasteiger partial charge in [-0.1, -0.05) is 18.2 Å². The van der Waals surface area contributed by atoms with Crippen LogP contribution in [0.1, 0.15) is 11.3 Å². The molecule has 0 aliphatic carbocycles. The predicted molar refractivity (Wildman–Crippen MR) is 116 cm³/mol. The van der Waals surface area contributed by atoms with Gasteiger partial charge in [0.2, 0.25) is 0 Å². The number of aromatic hydroxyl groups is 1. The van der Waals surface area contributed by atoms with Gasteiger partial charge in [-0.3, -0.25) is 4.79 Å². The van der Waals surface area contributed by atoms with Gasteiger partial charge in [0, 0.05) is 41.2 Å². The number of amides is 1. The molecule has 6 nitrogen and oxygen atoms in total. The highest BCUT2D eigenvalue weighted by Gasteiger charge is 2.11. The second kappa shape index (κ2) is 8.41. The van der Waals surface area contributed by atoms with Crippen molar-refractivity contribution in [3.63, 3.8) is 0 Å². The van der Waals surface area contributed by atoms with Crippen molar-refractivity contribution in [3.8, 4) is 17.5 Å². The van der Waals surface area contributed by atoms with Crippen molar-refractivity contribution in [2.75, 3.05) is 6.54 Å². The van der Waals surface area contributed by atoms with E-state index in [1.165, 1.54) is 0 Å². The SMILES string of the molecule is N#CC(=Cc1cccn1-c1ccc(O)cc1)C(=O)NCCc1c[nH]c2ccccc12. The molecular weight excluding hydrogens is 376 g/mol. The third-order valence-corrected chi connectivity index (χ3v) is 4.92. The van der Waals surface area contributed by atoms with Gasteiger partial charge in [0.15, 0.2) is 0 Å². The maximum absolute atomic E-state index is 12.5. The summed E-state index contributed by atoms with van der Waals surface area (Å²) in [6, 6.07) is 20.4. The molecule has 0 aliphatic heterocycles. The molecule has 0 fully saturated rings. The van der Waals surface area contributed by atoms with Gasteiger partial charge in [-0.15, -0.1) is 0 Å². The third-order valence-electron chi connectivity index (χ3n) is 4.92. The third kappa shape index (κ3) is 3.96. The van der Waals surface area contributed by atoms with Crippen LogP contribution in [0.25, 0.3) is 22.7 Å². The summed E-state index contributed by atoms with van der Waals surface area (Å²) in [6.45, 7) is 0.429. The Kier molecular flexibility index (Phi) is 5.35. The fourth-order valence-electron chi connectivity index (χ4n) is 3.40. The molecule has 0 saturated carbocycles. The number of fused-ring (bicyclic) bond motifs is 1. The number of phenols is 1. The highest BCUT2D eigenvalue weighted by Crippen LogP contribution is 2.19. The molecule has 2 aromatic carbocycles. The standard InChI is InChI=1S/C24H20N4O2/c25-15-18(14-20-4-3-13-28(20)19-7-9-21(29)10-8-19)24(30)26-12-11-17-16-27-23-6-2-1-5-22(17)23/h1-10,13-14,16,27,29H,11-12H2,(H,26,30). The van der Waals surface area contributed by atoms with E-state index in [2.05, 4.69) is 10.3 Å². The smallest absolute Gasteiger partial charge is 0.262 e. The highest BCUT2D eigenvalue weighted by molar-refractivity contribution is 6.01. The number of rotatable bonds is 6. The van der Waals surface area contributed by atoms with E-state index in [9.17, 15) is 15.2 Å². The van der Waals surface area contributed by atoms with Crippen LogP contribution in [0.4, 0.5) is 0 Å². The molecular formula is C24H20N4O2. The molecule has 4 aromatic rings. The van der Waals surface area contributed by atoms with Crippen molar-refractivity contribution < 1.29 is 9.90 Å². The molecule has 0 aliphatic rings. The first-order valence-electron chi connectivity index (χ1n) is 9.57. The summed E-state index contributed by atoms with van der Waals surface area (Å²) < 4.78 is 1.84. The molecule has 0 unspecified atom stereocenters. The second-order valence-corrected chi connectivity index (χ2v) is 6.85. The average molecular weight is 396 g/mol. The Labute approximate surface area is 173 Å². The van der Waals surface area contributed by atoms with Gasteiger partial charge in [0.25, 0.3) is 5.91 Å². The number of phenolic OH excluding ortho intramolecular Hbond substituents is 1. The van der Waals surface area contributed by atoms with E-state index in [0.717, 1.165) is 22.2 Å². The summed E-state index contributed by atoms with van der Waals surface area (Å²) >= 11 is 0. The van der Waals surface area contributed by atoms with E-state index < -0.39 is 5.91 Å². The monoisotopic (exact) mass is 396 g/mol. The highest BCUT2D eigenvalue weighted by atomic mass is 16.3.